The van der Waals surface area contributed by atoms with Crippen molar-refractivity contribution in [2.45, 2.75) is 19.8 Å². The fourth-order valence-corrected chi connectivity index (χ4v) is 3.98. The van der Waals surface area contributed by atoms with Crippen LogP contribution in [0.25, 0.3) is 0 Å². The highest BCUT2D eigenvalue weighted by molar-refractivity contribution is 7.88. The van der Waals surface area contributed by atoms with Gasteiger partial charge in [-0.25, -0.2) is 12.7 Å². The van der Waals surface area contributed by atoms with Gasteiger partial charge >= 0.3 is 0 Å². The summed E-state index contributed by atoms with van der Waals surface area (Å²) < 4.78 is 24.2. The maximum absolute atomic E-state index is 12.2. The minimum Gasteiger partial charge on any atom is -0.293 e. The molecule has 4 nitrogen and oxygen atoms in total. The number of nitrogens with zero attached hydrogens (tertiary/aromatic N) is 1. The van der Waals surface area contributed by atoms with Gasteiger partial charge in [0, 0.05) is 23.9 Å². The highest BCUT2D eigenvalue weighted by atomic mass is 32.2. The largest absolute Gasteiger partial charge is 0.293 e. The lowest BCUT2D eigenvalue weighted by Crippen LogP contribution is -2.39. The Morgan fingerprint density at radius 3 is 2.39 bits per heavy atom. The summed E-state index contributed by atoms with van der Waals surface area (Å²) in [5.41, 5.74) is 0. The van der Waals surface area contributed by atoms with Gasteiger partial charge in [-0.15, -0.1) is 11.3 Å². The zero-order valence-electron chi connectivity index (χ0n) is 10.5. The molecular weight excluding hydrogens is 270 g/mol. The van der Waals surface area contributed by atoms with Gasteiger partial charge in [0.1, 0.15) is 0 Å². The van der Waals surface area contributed by atoms with Gasteiger partial charge in [0.2, 0.25) is 10.0 Å². The van der Waals surface area contributed by atoms with Crippen LogP contribution >= 0.6 is 11.3 Å². The van der Waals surface area contributed by atoms with Crippen LogP contribution in [0.4, 0.5) is 0 Å². The molecule has 18 heavy (non-hydrogen) atoms. The van der Waals surface area contributed by atoms with E-state index in [4.69, 9.17) is 0 Å². The lowest BCUT2D eigenvalue weighted by atomic mass is 9.93. The third-order valence-corrected chi connectivity index (χ3v) is 5.60. The molecule has 6 heteroatoms. The van der Waals surface area contributed by atoms with E-state index in [9.17, 15) is 13.2 Å². The number of rotatable bonds is 3. The fourth-order valence-electron chi connectivity index (χ4n) is 2.22. The van der Waals surface area contributed by atoms with Crippen LogP contribution in [-0.4, -0.2) is 37.9 Å². The second kappa shape index (κ2) is 5.11. The zero-order chi connectivity index (χ0) is 13.3. The van der Waals surface area contributed by atoms with E-state index in [0.717, 1.165) is 9.75 Å². The predicted molar refractivity (Wildman–Crippen MR) is 72.5 cm³/mol. The Bertz CT molecular complexity index is 539. The monoisotopic (exact) mass is 287 g/mol. The first-order chi connectivity index (χ1) is 8.38. The van der Waals surface area contributed by atoms with Crippen LogP contribution in [0.3, 0.4) is 0 Å². The number of aryl methyl sites for hydroxylation is 1. The number of carbonyl (C=O) groups excluding carboxylic acids is 1. The summed E-state index contributed by atoms with van der Waals surface area (Å²) in [5.74, 6) is 0.141. The van der Waals surface area contributed by atoms with Gasteiger partial charge in [0.15, 0.2) is 5.78 Å². The molecule has 1 fully saturated rings. The summed E-state index contributed by atoms with van der Waals surface area (Å²) in [6.45, 7) is 2.90. The van der Waals surface area contributed by atoms with E-state index in [0.29, 0.717) is 25.9 Å². The average Bonchev–Trinajstić information content (AvgIpc) is 2.74. The molecule has 2 heterocycles. The quantitative estimate of drug-likeness (QED) is 0.798. The standard InChI is InChI=1S/C12H17NO3S2/c1-9-3-4-11(17-9)12(14)10-5-7-13(8-6-10)18(2,15)16/h3-4,10H,5-8H2,1-2H3. The van der Waals surface area contributed by atoms with E-state index in [1.165, 1.54) is 21.9 Å². The van der Waals surface area contributed by atoms with Crippen LogP contribution in [0, 0.1) is 12.8 Å². The Labute approximate surface area is 112 Å². The molecule has 0 spiro atoms. The molecule has 1 aromatic heterocycles. The van der Waals surface area contributed by atoms with E-state index >= 15 is 0 Å². The van der Waals surface area contributed by atoms with Crippen LogP contribution in [0.2, 0.25) is 0 Å². The molecule has 0 bridgehead atoms. The van der Waals surface area contributed by atoms with Crippen molar-refractivity contribution in [1.29, 1.82) is 0 Å². The maximum Gasteiger partial charge on any atom is 0.211 e. The van der Waals surface area contributed by atoms with E-state index in [1.807, 2.05) is 19.1 Å². The van der Waals surface area contributed by atoms with Crippen molar-refractivity contribution < 1.29 is 13.2 Å². The molecular formula is C12H17NO3S2. The molecule has 0 radical (unpaired) electrons. The molecule has 0 amide bonds. The molecule has 0 unspecified atom stereocenters. The smallest absolute Gasteiger partial charge is 0.211 e. The maximum atomic E-state index is 12.2. The van der Waals surface area contributed by atoms with E-state index < -0.39 is 10.0 Å². The summed E-state index contributed by atoms with van der Waals surface area (Å²) in [6.07, 6.45) is 2.48. The second-order valence-corrected chi connectivity index (χ2v) is 7.98. The van der Waals surface area contributed by atoms with Crippen molar-refractivity contribution >= 4 is 27.1 Å². The number of Topliss-reactive ketones (excluding diaryl/α,β-unsaturated/α-hetero) is 1. The number of carbonyl (C=O) groups is 1. The number of piperidine rings is 1. The van der Waals surface area contributed by atoms with Crippen molar-refractivity contribution in [2.24, 2.45) is 5.92 Å². The molecule has 2 rings (SSSR count). The second-order valence-electron chi connectivity index (χ2n) is 4.71. The van der Waals surface area contributed by atoms with Crippen LogP contribution in [0.15, 0.2) is 12.1 Å². The molecule has 0 aliphatic carbocycles. The van der Waals surface area contributed by atoms with Gasteiger partial charge in [-0.1, -0.05) is 0 Å². The normalized spacial score (nSPS) is 19.0. The minimum absolute atomic E-state index is 0.0268. The molecule has 0 saturated carbocycles. The fraction of sp³-hybridized carbons (Fsp3) is 0.583. The van der Waals surface area contributed by atoms with Gasteiger partial charge in [0.05, 0.1) is 11.1 Å². The Morgan fingerprint density at radius 1 is 1.33 bits per heavy atom. The predicted octanol–water partition coefficient (Wildman–Crippen LogP) is 1.91. The molecule has 0 aromatic carbocycles. The number of thiophene rings is 1. The molecule has 1 aliphatic heterocycles. The Kier molecular flexibility index (Phi) is 3.89. The Morgan fingerprint density at radius 2 is 1.94 bits per heavy atom. The minimum atomic E-state index is -3.11. The molecule has 1 aliphatic rings. The molecule has 0 atom stereocenters. The van der Waals surface area contributed by atoms with Crippen LogP contribution in [0.5, 0.6) is 0 Å². The number of hydrogen-bond donors (Lipinski definition) is 0. The van der Waals surface area contributed by atoms with Crippen LogP contribution < -0.4 is 0 Å². The van der Waals surface area contributed by atoms with E-state index in [1.54, 1.807) is 0 Å². The lowest BCUT2D eigenvalue weighted by molar-refractivity contribution is 0.0880. The topological polar surface area (TPSA) is 54.5 Å². The van der Waals surface area contributed by atoms with Crippen molar-refractivity contribution in [1.82, 2.24) is 4.31 Å². The van der Waals surface area contributed by atoms with Gasteiger partial charge in [-0.3, -0.25) is 4.79 Å². The number of sulfonamides is 1. The molecule has 100 valence electrons. The van der Waals surface area contributed by atoms with Crippen LogP contribution in [0.1, 0.15) is 27.4 Å². The molecule has 1 saturated heterocycles. The van der Waals surface area contributed by atoms with Gasteiger partial charge in [0.25, 0.3) is 0 Å². The van der Waals surface area contributed by atoms with Crippen molar-refractivity contribution in [3.8, 4) is 0 Å². The highest BCUT2D eigenvalue weighted by Crippen LogP contribution is 2.26. The van der Waals surface area contributed by atoms with Gasteiger partial charge in [-0.2, -0.15) is 0 Å². The van der Waals surface area contributed by atoms with E-state index in [-0.39, 0.29) is 11.7 Å². The number of ketones is 1. The molecule has 0 N–H and O–H groups in total. The van der Waals surface area contributed by atoms with Crippen molar-refractivity contribution in [3.05, 3.63) is 21.9 Å². The third-order valence-electron chi connectivity index (χ3n) is 3.28. The highest BCUT2D eigenvalue weighted by Gasteiger charge is 2.29. The summed E-state index contributed by atoms with van der Waals surface area (Å²) in [5, 5.41) is 0. The summed E-state index contributed by atoms with van der Waals surface area (Å²) in [4.78, 5) is 14.1. The van der Waals surface area contributed by atoms with Gasteiger partial charge < -0.3 is 0 Å². The Balaban J connectivity index is 2.00. The van der Waals surface area contributed by atoms with Crippen molar-refractivity contribution in [2.75, 3.05) is 19.3 Å². The zero-order valence-corrected chi connectivity index (χ0v) is 12.2. The first-order valence-corrected chi connectivity index (χ1v) is 8.60. The van der Waals surface area contributed by atoms with Crippen molar-refractivity contribution in [3.63, 3.8) is 0 Å². The lowest BCUT2D eigenvalue weighted by Gasteiger charge is -2.29. The third kappa shape index (κ3) is 2.99. The Hall–Kier alpha value is -0.720. The average molecular weight is 287 g/mol. The first kappa shape index (κ1) is 13.7. The SMILES string of the molecule is Cc1ccc(C(=O)C2CCN(S(C)(=O)=O)CC2)s1. The first-order valence-electron chi connectivity index (χ1n) is 5.93. The van der Waals surface area contributed by atoms with Crippen LogP contribution in [-0.2, 0) is 10.0 Å². The summed E-state index contributed by atoms with van der Waals surface area (Å²) >= 11 is 1.51. The number of hydrogen-bond acceptors (Lipinski definition) is 4. The van der Waals surface area contributed by atoms with Gasteiger partial charge in [-0.05, 0) is 31.9 Å². The molecule has 1 aromatic rings. The summed E-state index contributed by atoms with van der Waals surface area (Å²) in [6, 6.07) is 3.81. The summed E-state index contributed by atoms with van der Waals surface area (Å²) in [7, 11) is -3.11. The van der Waals surface area contributed by atoms with E-state index in [2.05, 4.69) is 0 Å².